The van der Waals surface area contributed by atoms with Crippen LogP contribution in [0.1, 0.15) is 24.3 Å². The summed E-state index contributed by atoms with van der Waals surface area (Å²) in [6.07, 6.45) is -2.92. The molecular weight excluding hydrogens is 323 g/mol. The van der Waals surface area contributed by atoms with Crippen LogP contribution >= 0.6 is 15.9 Å². The van der Waals surface area contributed by atoms with Gasteiger partial charge >= 0.3 is 6.18 Å². The Labute approximate surface area is 116 Å². The van der Waals surface area contributed by atoms with Crippen molar-refractivity contribution < 1.29 is 17.6 Å². The van der Waals surface area contributed by atoms with Crippen LogP contribution in [-0.2, 0) is 6.18 Å². The molecule has 0 saturated carbocycles. The molecule has 0 aliphatic heterocycles. The molecule has 0 amide bonds. The normalized spacial score (nSPS) is 13.3. The molecule has 1 aromatic heterocycles. The summed E-state index contributed by atoms with van der Waals surface area (Å²) in [6.45, 7) is 1.74. The van der Waals surface area contributed by atoms with Crippen LogP contribution in [0.3, 0.4) is 0 Å². The van der Waals surface area contributed by atoms with Crippen LogP contribution in [0.2, 0.25) is 0 Å². The Bertz CT molecular complexity index is 552. The van der Waals surface area contributed by atoms with Crippen LogP contribution in [0, 0.1) is 0 Å². The summed E-state index contributed by atoms with van der Waals surface area (Å²) in [5, 5.41) is 2.81. The monoisotopic (exact) mass is 333 g/mol. The third-order valence-electron chi connectivity index (χ3n) is 2.63. The zero-order valence-corrected chi connectivity index (χ0v) is 11.5. The predicted molar refractivity (Wildman–Crippen MR) is 69.9 cm³/mol. The van der Waals surface area contributed by atoms with Crippen LogP contribution in [0.5, 0.6) is 0 Å². The van der Waals surface area contributed by atoms with Gasteiger partial charge in [-0.1, -0.05) is 15.9 Å². The molecule has 2 aromatic rings. The van der Waals surface area contributed by atoms with E-state index in [1.165, 1.54) is 12.3 Å². The SMILES string of the molecule is CC(Nc1ccc(Br)cc1C(F)(F)F)c1ccco1. The highest BCUT2D eigenvalue weighted by molar-refractivity contribution is 9.10. The van der Waals surface area contributed by atoms with Crippen LogP contribution in [0.25, 0.3) is 0 Å². The third kappa shape index (κ3) is 3.32. The van der Waals surface area contributed by atoms with Crippen molar-refractivity contribution in [2.45, 2.75) is 19.1 Å². The number of halogens is 4. The largest absolute Gasteiger partial charge is 0.467 e. The van der Waals surface area contributed by atoms with Gasteiger partial charge in [-0.3, -0.25) is 0 Å². The van der Waals surface area contributed by atoms with E-state index >= 15 is 0 Å². The number of furan rings is 1. The van der Waals surface area contributed by atoms with Gasteiger partial charge in [0.15, 0.2) is 0 Å². The van der Waals surface area contributed by atoms with Crippen molar-refractivity contribution in [1.82, 2.24) is 0 Å². The van der Waals surface area contributed by atoms with Crippen molar-refractivity contribution in [3.8, 4) is 0 Å². The average molecular weight is 334 g/mol. The fourth-order valence-corrected chi connectivity index (χ4v) is 2.08. The molecule has 1 N–H and O–H groups in total. The molecule has 2 rings (SSSR count). The van der Waals surface area contributed by atoms with E-state index in [1.807, 2.05) is 0 Å². The molecule has 0 bridgehead atoms. The van der Waals surface area contributed by atoms with Gasteiger partial charge in [0.2, 0.25) is 0 Å². The van der Waals surface area contributed by atoms with Crippen molar-refractivity contribution in [2.24, 2.45) is 0 Å². The maximum Gasteiger partial charge on any atom is 0.418 e. The second kappa shape index (κ2) is 5.28. The van der Waals surface area contributed by atoms with Crippen LogP contribution in [0.15, 0.2) is 45.5 Å². The number of alkyl halides is 3. The second-order valence-corrected chi connectivity index (χ2v) is 4.98. The van der Waals surface area contributed by atoms with E-state index in [4.69, 9.17) is 4.42 Å². The van der Waals surface area contributed by atoms with E-state index in [0.29, 0.717) is 10.2 Å². The van der Waals surface area contributed by atoms with E-state index in [9.17, 15) is 13.2 Å². The molecular formula is C13H11BrF3NO. The van der Waals surface area contributed by atoms with Crippen LogP contribution in [0.4, 0.5) is 18.9 Å². The lowest BCUT2D eigenvalue weighted by molar-refractivity contribution is -0.137. The van der Waals surface area contributed by atoms with E-state index in [1.54, 1.807) is 25.1 Å². The molecule has 0 fully saturated rings. The Kier molecular flexibility index (Phi) is 3.89. The van der Waals surface area contributed by atoms with E-state index in [2.05, 4.69) is 21.2 Å². The molecule has 1 heterocycles. The Balaban J connectivity index is 2.30. The van der Waals surface area contributed by atoms with E-state index in [0.717, 1.165) is 6.07 Å². The molecule has 1 unspecified atom stereocenters. The van der Waals surface area contributed by atoms with Crippen molar-refractivity contribution in [3.63, 3.8) is 0 Å². The molecule has 0 aliphatic carbocycles. The first-order valence-corrected chi connectivity index (χ1v) is 6.34. The lowest BCUT2D eigenvalue weighted by atomic mass is 10.1. The molecule has 0 radical (unpaired) electrons. The highest BCUT2D eigenvalue weighted by atomic mass is 79.9. The predicted octanol–water partition coefficient (Wildman–Crippen LogP) is 5.23. The van der Waals surface area contributed by atoms with Gasteiger partial charge in [-0.25, -0.2) is 0 Å². The van der Waals surface area contributed by atoms with Gasteiger partial charge in [-0.2, -0.15) is 13.2 Å². The molecule has 0 aliphatic rings. The highest BCUT2D eigenvalue weighted by Gasteiger charge is 2.34. The minimum Gasteiger partial charge on any atom is -0.467 e. The molecule has 102 valence electrons. The quantitative estimate of drug-likeness (QED) is 0.831. The minimum absolute atomic E-state index is 0.0274. The summed E-state index contributed by atoms with van der Waals surface area (Å²) in [5.74, 6) is 0.580. The number of anilines is 1. The van der Waals surface area contributed by atoms with E-state index < -0.39 is 11.7 Å². The van der Waals surface area contributed by atoms with E-state index in [-0.39, 0.29) is 11.7 Å². The molecule has 1 atom stereocenters. The zero-order valence-electron chi connectivity index (χ0n) is 9.96. The summed E-state index contributed by atoms with van der Waals surface area (Å²) < 4.78 is 44.4. The van der Waals surface area contributed by atoms with Gasteiger partial charge in [0.1, 0.15) is 5.76 Å². The smallest absolute Gasteiger partial charge is 0.418 e. The molecule has 0 spiro atoms. The zero-order chi connectivity index (χ0) is 14.0. The maximum atomic E-state index is 12.9. The Hall–Kier alpha value is -1.43. The van der Waals surface area contributed by atoms with Gasteiger partial charge in [0.05, 0.1) is 17.9 Å². The summed E-state index contributed by atoms with van der Waals surface area (Å²) in [4.78, 5) is 0. The first-order valence-electron chi connectivity index (χ1n) is 5.54. The number of hydrogen-bond acceptors (Lipinski definition) is 2. The number of rotatable bonds is 3. The number of nitrogens with one attached hydrogen (secondary N) is 1. The minimum atomic E-state index is -4.41. The third-order valence-corrected chi connectivity index (χ3v) is 3.12. The average Bonchev–Trinajstić information content (AvgIpc) is 2.83. The van der Waals surface area contributed by atoms with Crippen LogP contribution in [-0.4, -0.2) is 0 Å². The highest BCUT2D eigenvalue weighted by Crippen LogP contribution is 2.37. The van der Waals surface area contributed by atoms with Gasteiger partial charge < -0.3 is 9.73 Å². The van der Waals surface area contributed by atoms with Crippen molar-refractivity contribution in [2.75, 3.05) is 5.32 Å². The first-order chi connectivity index (χ1) is 8.88. The van der Waals surface area contributed by atoms with Crippen molar-refractivity contribution in [3.05, 3.63) is 52.4 Å². The fourth-order valence-electron chi connectivity index (χ4n) is 1.72. The lowest BCUT2D eigenvalue weighted by Gasteiger charge is -2.18. The summed E-state index contributed by atoms with van der Waals surface area (Å²) in [7, 11) is 0. The molecule has 0 saturated heterocycles. The van der Waals surface area contributed by atoms with Crippen molar-refractivity contribution >= 4 is 21.6 Å². The van der Waals surface area contributed by atoms with Gasteiger partial charge in [-0.15, -0.1) is 0 Å². The standard InChI is InChI=1S/C13H11BrF3NO/c1-8(12-3-2-6-19-12)18-11-5-4-9(14)7-10(11)13(15,16)17/h2-8,18H,1H3. The fraction of sp³-hybridized carbons (Fsp3) is 0.231. The topological polar surface area (TPSA) is 25.2 Å². The molecule has 2 nitrogen and oxygen atoms in total. The summed E-state index contributed by atoms with van der Waals surface area (Å²) >= 11 is 3.05. The maximum absolute atomic E-state index is 12.9. The molecule has 6 heteroatoms. The summed E-state index contributed by atoms with van der Waals surface area (Å²) in [5.41, 5.74) is -0.681. The molecule has 1 aromatic carbocycles. The van der Waals surface area contributed by atoms with Gasteiger partial charge in [0, 0.05) is 10.2 Å². The first kappa shape index (κ1) is 14.0. The molecule has 19 heavy (non-hydrogen) atoms. The van der Waals surface area contributed by atoms with Gasteiger partial charge in [-0.05, 0) is 37.3 Å². The lowest BCUT2D eigenvalue weighted by Crippen LogP contribution is -2.13. The Morgan fingerprint density at radius 3 is 2.58 bits per heavy atom. The number of hydrogen-bond donors (Lipinski definition) is 1. The van der Waals surface area contributed by atoms with Crippen LogP contribution < -0.4 is 5.32 Å². The Morgan fingerprint density at radius 2 is 2.00 bits per heavy atom. The second-order valence-electron chi connectivity index (χ2n) is 4.07. The van der Waals surface area contributed by atoms with Crippen molar-refractivity contribution in [1.29, 1.82) is 0 Å². The van der Waals surface area contributed by atoms with Gasteiger partial charge in [0.25, 0.3) is 0 Å². The number of benzene rings is 1. The summed E-state index contributed by atoms with van der Waals surface area (Å²) in [6, 6.07) is 7.07. The Morgan fingerprint density at radius 1 is 1.26 bits per heavy atom.